The second-order valence-corrected chi connectivity index (χ2v) is 8.83. The van der Waals surface area contributed by atoms with Crippen LogP contribution in [0, 0.1) is 11.3 Å². The molecule has 122 valence electrons. The highest BCUT2D eigenvalue weighted by atomic mass is 79.9. The molecule has 0 aliphatic carbocycles. The smallest absolute Gasteiger partial charge is 0.173 e. The molecular formula is C19H17BrN2S2. The van der Waals surface area contributed by atoms with Crippen LogP contribution in [0.2, 0.25) is 0 Å². The minimum absolute atomic E-state index is 0.0175. The summed E-state index contributed by atoms with van der Waals surface area (Å²) in [5, 5.41) is 9.83. The standard InChI is InChI=1S/C19H17BrN2S2/c1-23-19(13-21)18(12-7-15-5-3-2-4-6-15)22(14-24-19)17-10-8-16(20)9-11-17/h2-12,18H,14H2,1H3/b12-7+/t18-,19-/m0/s1. The van der Waals surface area contributed by atoms with E-state index in [1.807, 2.05) is 36.6 Å². The zero-order chi connectivity index (χ0) is 17.0. The van der Waals surface area contributed by atoms with Crippen molar-refractivity contribution in [3.63, 3.8) is 0 Å². The van der Waals surface area contributed by atoms with Gasteiger partial charge in [-0.3, -0.25) is 0 Å². The van der Waals surface area contributed by atoms with Gasteiger partial charge in [-0.1, -0.05) is 58.4 Å². The summed E-state index contributed by atoms with van der Waals surface area (Å²) in [5.41, 5.74) is 2.29. The van der Waals surface area contributed by atoms with Gasteiger partial charge in [-0.25, -0.2) is 0 Å². The molecule has 5 heteroatoms. The lowest BCUT2D eigenvalue weighted by Crippen LogP contribution is -2.39. The molecule has 1 aliphatic heterocycles. The molecule has 1 heterocycles. The minimum Gasteiger partial charge on any atom is -0.352 e. The second kappa shape index (κ2) is 7.69. The molecule has 0 amide bonds. The third kappa shape index (κ3) is 3.51. The highest BCUT2D eigenvalue weighted by Crippen LogP contribution is 2.48. The van der Waals surface area contributed by atoms with Crippen molar-refractivity contribution in [2.24, 2.45) is 0 Å². The highest BCUT2D eigenvalue weighted by molar-refractivity contribution is 9.10. The van der Waals surface area contributed by atoms with Gasteiger partial charge in [0.05, 0.1) is 18.0 Å². The number of hydrogen-bond donors (Lipinski definition) is 0. The van der Waals surface area contributed by atoms with E-state index in [1.165, 1.54) is 0 Å². The molecule has 0 bridgehead atoms. The Hall–Kier alpha value is -1.35. The summed E-state index contributed by atoms with van der Waals surface area (Å²) in [6.07, 6.45) is 6.30. The van der Waals surface area contributed by atoms with E-state index in [4.69, 9.17) is 0 Å². The first-order chi connectivity index (χ1) is 11.7. The van der Waals surface area contributed by atoms with E-state index in [9.17, 15) is 5.26 Å². The fourth-order valence-electron chi connectivity index (χ4n) is 2.72. The van der Waals surface area contributed by atoms with Crippen molar-refractivity contribution in [2.45, 2.75) is 10.1 Å². The summed E-state index contributed by atoms with van der Waals surface area (Å²) >= 11 is 6.82. The van der Waals surface area contributed by atoms with Gasteiger partial charge in [-0.2, -0.15) is 5.26 Å². The average molecular weight is 417 g/mol. The lowest BCUT2D eigenvalue weighted by Gasteiger charge is -2.30. The lowest BCUT2D eigenvalue weighted by atomic mass is 10.1. The maximum atomic E-state index is 9.83. The van der Waals surface area contributed by atoms with E-state index in [1.54, 1.807) is 23.5 Å². The van der Waals surface area contributed by atoms with Gasteiger partial charge in [0.15, 0.2) is 4.08 Å². The molecule has 2 atom stereocenters. The van der Waals surface area contributed by atoms with Gasteiger partial charge in [-0.15, -0.1) is 23.5 Å². The van der Waals surface area contributed by atoms with Crippen LogP contribution in [0.25, 0.3) is 6.08 Å². The molecule has 2 aromatic carbocycles. The van der Waals surface area contributed by atoms with E-state index in [2.05, 4.69) is 63.3 Å². The third-order valence-corrected chi connectivity index (χ3v) is 7.52. The Bertz CT molecular complexity index is 755. The second-order valence-electron chi connectivity index (χ2n) is 5.42. The normalized spacial score (nSPS) is 23.5. The first-order valence-electron chi connectivity index (χ1n) is 7.54. The molecule has 3 rings (SSSR count). The average Bonchev–Trinajstić information content (AvgIpc) is 3.00. The molecule has 0 unspecified atom stereocenters. The number of thioether (sulfide) groups is 2. The van der Waals surface area contributed by atoms with Crippen LogP contribution in [0.3, 0.4) is 0 Å². The molecule has 24 heavy (non-hydrogen) atoms. The first-order valence-corrected chi connectivity index (χ1v) is 10.5. The number of nitriles is 1. The Labute approximate surface area is 160 Å². The SMILES string of the molecule is CS[C@@]1(C#N)SCN(c2ccc(Br)cc2)[C@H]1/C=C/c1ccccc1. The Morgan fingerprint density at radius 1 is 1.25 bits per heavy atom. The number of anilines is 1. The molecule has 1 saturated heterocycles. The van der Waals surface area contributed by atoms with E-state index >= 15 is 0 Å². The van der Waals surface area contributed by atoms with E-state index in [0.29, 0.717) is 0 Å². The minimum atomic E-state index is -0.488. The molecule has 2 nitrogen and oxygen atoms in total. The molecule has 1 aliphatic rings. The van der Waals surface area contributed by atoms with Gasteiger partial charge in [0.1, 0.15) is 0 Å². The van der Waals surface area contributed by atoms with Crippen molar-refractivity contribution in [3.8, 4) is 6.07 Å². The summed E-state index contributed by atoms with van der Waals surface area (Å²) < 4.78 is 0.573. The van der Waals surface area contributed by atoms with Gasteiger partial charge >= 0.3 is 0 Å². The van der Waals surface area contributed by atoms with Crippen LogP contribution in [0.15, 0.2) is 65.1 Å². The maximum Gasteiger partial charge on any atom is 0.173 e. The third-order valence-electron chi connectivity index (χ3n) is 4.03. The van der Waals surface area contributed by atoms with Gasteiger partial charge < -0.3 is 4.90 Å². The summed E-state index contributed by atoms with van der Waals surface area (Å²) in [6, 6.07) is 21.1. The number of halogens is 1. The predicted octanol–water partition coefficient (Wildman–Crippen LogP) is 5.62. The summed E-state index contributed by atoms with van der Waals surface area (Å²) in [4.78, 5) is 2.30. The summed E-state index contributed by atoms with van der Waals surface area (Å²) in [5.74, 6) is 0.805. The van der Waals surface area contributed by atoms with Crippen LogP contribution in [0.5, 0.6) is 0 Å². The van der Waals surface area contributed by atoms with Crippen molar-refractivity contribution >= 4 is 51.2 Å². The fourth-order valence-corrected chi connectivity index (χ4v) is 5.24. The van der Waals surface area contributed by atoms with Crippen LogP contribution < -0.4 is 4.90 Å². The molecule has 1 fully saturated rings. The van der Waals surface area contributed by atoms with Crippen molar-refractivity contribution < 1.29 is 0 Å². The Morgan fingerprint density at radius 3 is 2.58 bits per heavy atom. The highest BCUT2D eigenvalue weighted by Gasteiger charge is 2.47. The predicted molar refractivity (Wildman–Crippen MR) is 110 cm³/mol. The molecule has 2 aromatic rings. The summed E-state index contributed by atoms with van der Waals surface area (Å²) in [7, 11) is 0. The van der Waals surface area contributed by atoms with Crippen LogP contribution in [0.4, 0.5) is 5.69 Å². The van der Waals surface area contributed by atoms with Crippen LogP contribution in [-0.4, -0.2) is 22.3 Å². The number of rotatable bonds is 4. The van der Waals surface area contributed by atoms with Gasteiger partial charge in [0.2, 0.25) is 0 Å². The van der Waals surface area contributed by atoms with Gasteiger partial charge in [-0.05, 0) is 36.1 Å². The van der Waals surface area contributed by atoms with Crippen molar-refractivity contribution in [1.29, 1.82) is 5.26 Å². The molecule has 0 N–H and O–H groups in total. The van der Waals surface area contributed by atoms with Crippen molar-refractivity contribution in [1.82, 2.24) is 0 Å². The molecular weight excluding hydrogens is 400 g/mol. The van der Waals surface area contributed by atoms with Crippen LogP contribution in [-0.2, 0) is 0 Å². The van der Waals surface area contributed by atoms with Crippen LogP contribution >= 0.6 is 39.5 Å². The van der Waals surface area contributed by atoms with Crippen molar-refractivity contribution in [3.05, 3.63) is 70.7 Å². The number of hydrogen-bond acceptors (Lipinski definition) is 4. The Kier molecular flexibility index (Phi) is 5.60. The monoisotopic (exact) mass is 416 g/mol. The summed E-state index contributed by atoms with van der Waals surface area (Å²) in [6.45, 7) is 0. The molecule has 0 aromatic heterocycles. The molecule has 0 saturated carbocycles. The Balaban J connectivity index is 1.95. The van der Waals surface area contributed by atoms with Gasteiger partial charge in [0, 0.05) is 10.2 Å². The zero-order valence-electron chi connectivity index (χ0n) is 13.2. The fraction of sp³-hybridized carbons (Fsp3) is 0.211. The van der Waals surface area contributed by atoms with Crippen molar-refractivity contribution in [2.75, 3.05) is 17.0 Å². The lowest BCUT2D eigenvalue weighted by molar-refractivity contribution is 0.777. The quantitative estimate of drug-likeness (QED) is 0.645. The number of benzene rings is 2. The zero-order valence-corrected chi connectivity index (χ0v) is 16.4. The van der Waals surface area contributed by atoms with E-state index < -0.39 is 4.08 Å². The van der Waals surface area contributed by atoms with E-state index in [-0.39, 0.29) is 6.04 Å². The largest absolute Gasteiger partial charge is 0.352 e. The number of nitrogens with zero attached hydrogens (tertiary/aromatic N) is 2. The molecule has 0 spiro atoms. The van der Waals surface area contributed by atoms with Crippen LogP contribution in [0.1, 0.15) is 5.56 Å². The van der Waals surface area contributed by atoms with Gasteiger partial charge in [0.25, 0.3) is 0 Å². The van der Waals surface area contributed by atoms with E-state index in [0.717, 1.165) is 21.6 Å². The maximum absolute atomic E-state index is 9.83. The molecule has 0 radical (unpaired) electrons. The topological polar surface area (TPSA) is 27.0 Å². The first kappa shape index (κ1) is 17.5. The Morgan fingerprint density at radius 2 is 1.96 bits per heavy atom.